The Morgan fingerprint density at radius 1 is 1.56 bits per heavy atom. The molecule has 2 aromatic heterocycles. The van der Waals surface area contributed by atoms with E-state index >= 15 is 0 Å². The van der Waals surface area contributed by atoms with E-state index in [2.05, 4.69) is 20.6 Å². The quantitative estimate of drug-likeness (QED) is 0.844. The fraction of sp³-hybridized carbons (Fsp3) is 0.500. The molecule has 2 rings (SSSR count). The van der Waals surface area contributed by atoms with E-state index in [0.717, 1.165) is 11.3 Å². The van der Waals surface area contributed by atoms with Gasteiger partial charge in [-0.2, -0.15) is 5.10 Å². The van der Waals surface area contributed by atoms with Crippen LogP contribution in [-0.4, -0.2) is 41.1 Å². The molecule has 8 heteroatoms. The average Bonchev–Trinajstić information content (AvgIpc) is 2.86. The van der Waals surface area contributed by atoms with Gasteiger partial charge in [-0.15, -0.1) is 5.10 Å². The van der Waals surface area contributed by atoms with E-state index in [1.165, 1.54) is 4.68 Å². The second kappa shape index (κ2) is 4.55. The largest absolute Gasteiger partial charge is 0.481 e. The number of rotatable bonds is 4. The van der Waals surface area contributed by atoms with Gasteiger partial charge in [0.15, 0.2) is 5.82 Å². The molecule has 1 atom stereocenters. The highest BCUT2D eigenvalue weighted by atomic mass is 16.4. The third-order valence-electron chi connectivity index (χ3n) is 2.86. The highest BCUT2D eigenvalue weighted by molar-refractivity contribution is 5.67. The maximum absolute atomic E-state index is 10.7. The Balaban J connectivity index is 2.39. The van der Waals surface area contributed by atoms with Crippen molar-refractivity contribution in [3.63, 3.8) is 0 Å². The molecule has 0 aliphatic carbocycles. The van der Waals surface area contributed by atoms with Gasteiger partial charge in [0.05, 0.1) is 24.2 Å². The minimum absolute atomic E-state index is 0.0304. The Hall–Kier alpha value is -2.25. The third-order valence-corrected chi connectivity index (χ3v) is 2.86. The van der Waals surface area contributed by atoms with Crippen molar-refractivity contribution < 1.29 is 9.90 Å². The zero-order valence-electron chi connectivity index (χ0n) is 10.4. The average molecular weight is 250 g/mol. The van der Waals surface area contributed by atoms with Crippen LogP contribution in [-0.2, 0) is 11.8 Å². The second-order valence-electron chi connectivity index (χ2n) is 4.16. The molecule has 0 saturated carbocycles. The van der Waals surface area contributed by atoms with Crippen molar-refractivity contribution >= 4 is 5.97 Å². The first-order chi connectivity index (χ1) is 8.50. The zero-order chi connectivity index (χ0) is 13.3. The first-order valence-corrected chi connectivity index (χ1v) is 5.49. The predicted molar refractivity (Wildman–Crippen MR) is 61.7 cm³/mol. The van der Waals surface area contributed by atoms with Crippen LogP contribution in [0.25, 0.3) is 11.4 Å². The molecule has 2 aromatic rings. The molecule has 0 saturated heterocycles. The molecule has 2 heterocycles. The molecule has 0 aliphatic rings. The highest BCUT2D eigenvalue weighted by Gasteiger charge is 2.19. The zero-order valence-corrected chi connectivity index (χ0v) is 10.4. The van der Waals surface area contributed by atoms with Crippen molar-refractivity contribution in [1.29, 1.82) is 0 Å². The van der Waals surface area contributed by atoms with Crippen LogP contribution in [0.1, 0.15) is 25.1 Å². The molecular weight excluding hydrogens is 236 g/mol. The van der Waals surface area contributed by atoms with Gasteiger partial charge in [-0.25, -0.2) is 4.68 Å². The fourth-order valence-corrected chi connectivity index (χ4v) is 1.73. The Morgan fingerprint density at radius 2 is 2.28 bits per heavy atom. The molecule has 0 fully saturated rings. The van der Waals surface area contributed by atoms with Crippen molar-refractivity contribution in [2.45, 2.75) is 26.3 Å². The second-order valence-corrected chi connectivity index (χ2v) is 4.16. The smallest absolute Gasteiger partial charge is 0.305 e. The van der Waals surface area contributed by atoms with Gasteiger partial charge in [0, 0.05) is 12.7 Å². The summed E-state index contributed by atoms with van der Waals surface area (Å²) in [4.78, 5) is 10.7. The molecule has 0 amide bonds. The Bertz CT molecular complexity index is 573. The summed E-state index contributed by atoms with van der Waals surface area (Å²) < 4.78 is 3.23. The maximum atomic E-state index is 10.7. The lowest BCUT2D eigenvalue weighted by Crippen LogP contribution is -2.13. The highest BCUT2D eigenvalue weighted by Crippen LogP contribution is 2.23. The standard InChI is InChI=1S/C10H14N6O2/c1-6(4-9(17)18)16-10(12-13-14-16)8-5-11-15(3)7(8)2/h5-6H,4H2,1-3H3,(H,17,18). The summed E-state index contributed by atoms with van der Waals surface area (Å²) in [6, 6.07) is -0.313. The number of aliphatic carboxylic acids is 1. The van der Waals surface area contributed by atoms with Crippen LogP contribution in [0.5, 0.6) is 0 Å². The van der Waals surface area contributed by atoms with Crippen molar-refractivity contribution in [3.8, 4) is 11.4 Å². The predicted octanol–water partition coefficient (Wildman–Crippen LogP) is 0.418. The van der Waals surface area contributed by atoms with E-state index < -0.39 is 5.97 Å². The lowest BCUT2D eigenvalue weighted by molar-refractivity contribution is -0.137. The Labute approximate surface area is 103 Å². The van der Waals surface area contributed by atoms with Crippen molar-refractivity contribution in [1.82, 2.24) is 30.0 Å². The molecule has 96 valence electrons. The minimum atomic E-state index is -0.883. The van der Waals surface area contributed by atoms with Gasteiger partial charge in [-0.1, -0.05) is 0 Å². The molecule has 0 bridgehead atoms. The van der Waals surface area contributed by atoms with Gasteiger partial charge in [0.25, 0.3) is 0 Å². The molecule has 1 unspecified atom stereocenters. The summed E-state index contributed by atoms with van der Waals surface area (Å²) in [7, 11) is 1.83. The van der Waals surface area contributed by atoms with Crippen molar-refractivity contribution in [2.24, 2.45) is 7.05 Å². The Kier molecular flexibility index (Phi) is 3.09. The molecule has 8 nitrogen and oxygen atoms in total. The van der Waals surface area contributed by atoms with Crippen LogP contribution in [0.15, 0.2) is 6.20 Å². The van der Waals surface area contributed by atoms with E-state index in [4.69, 9.17) is 5.11 Å². The minimum Gasteiger partial charge on any atom is -0.481 e. The topological polar surface area (TPSA) is 98.7 Å². The number of hydrogen-bond acceptors (Lipinski definition) is 5. The summed E-state index contributed by atoms with van der Waals surface area (Å²) >= 11 is 0. The van der Waals surface area contributed by atoms with Crippen LogP contribution in [0.2, 0.25) is 0 Å². The van der Waals surface area contributed by atoms with E-state index in [0.29, 0.717) is 5.82 Å². The van der Waals surface area contributed by atoms with Gasteiger partial charge in [0.2, 0.25) is 0 Å². The van der Waals surface area contributed by atoms with Crippen LogP contribution < -0.4 is 0 Å². The van der Waals surface area contributed by atoms with Gasteiger partial charge < -0.3 is 5.11 Å². The van der Waals surface area contributed by atoms with E-state index in [9.17, 15) is 4.79 Å². The van der Waals surface area contributed by atoms with E-state index in [-0.39, 0.29) is 12.5 Å². The molecule has 18 heavy (non-hydrogen) atoms. The summed E-state index contributed by atoms with van der Waals surface area (Å²) in [6.45, 7) is 3.67. The van der Waals surface area contributed by atoms with Crippen LogP contribution in [0.3, 0.4) is 0 Å². The fourth-order valence-electron chi connectivity index (χ4n) is 1.73. The number of hydrogen-bond donors (Lipinski definition) is 1. The molecule has 0 aliphatic heterocycles. The lowest BCUT2D eigenvalue weighted by Gasteiger charge is -2.10. The summed E-state index contributed by atoms with van der Waals surface area (Å²) in [5.74, 6) is -0.346. The van der Waals surface area contributed by atoms with Gasteiger partial charge in [-0.05, 0) is 24.3 Å². The Morgan fingerprint density at radius 3 is 2.83 bits per heavy atom. The van der Waals surface area contributed by atoms with Crippen molar-refractivity contribution in [2.75, 3.05) is 0 Å². The number of carboxylic acids is 1. The van der Waals surface area contributed by atoms with Crippen LogP contribution >= 0.6 is 0 Å². The number of aryl methyl sites for hydroxylation is 1. The summed E-state index contributed by atoms with van der Waals surface area (Å²) in [6.07, 6.45) is 1.64. The number of carboxylic acid groups (broad SMARTS) is 1. The maximum Gasteiger partial charge on any atom is 0.305 e. The van der Waals surface area contributed by atoms with E-state index in [1.807, 2.05) is 14.0 Å². The molecular formula is C10H14N6O2. The van der Waals surface area contributed by atoms with E-state index in [1.54, 1.807) is 17.8 Å². The molecule has 0 spiro atoms. The molecule has 0 aromatic carbocycles. The van der Waals surface area contributed by atoms with Gasteiger partial charge in [-0.3, -0.25) is 9.48 Å². The number of tetrazole rings is 1. The summed E-state index contributed by atoms with van der Waals surface area (Å²) in [5, 5.41) is 24.3. The SMILES string of the molecule is Cc1c(-c2nnnn2C(C)CC(=O)O)cnn1C. The summed E-state index contributed by atoms with van der Waals surface area (Å²) in [5.41, 5.74) is 1.73. The van der Waals surface area contributed by atoms with Gasteiger partial charge in [0.1, 0.15) is 0 Å². The molecule has 0 radical (unpaired) electrons. The monoisotopic (exact) mass is 250 g/mol. The normalized spacial score (nSPS) is 12.6. The lowest BCUT2D eigenvalue weighted by atomic mass is 10.2. The third kappa shape index (κ3) is 2.08. The van der Waals surface area contributed by atoms with Crippen LogP contribution in [0.4, 0.5) is 0 Å². The number of carbonyl (C=O) groups is 1. The molecule has 1 N–H and O–H groups in total. The van der Waals surface area contributed by atoms with Crippen molar-refractivity contribution in [3.05, 3.63) is 11.9 Å². The van der Waals surface area contributed by atoms with Crippen LogP contribution in [0, 0.1) is 6.92 Å². The first kappa shape index (κ1) is 12.2. The number of aromatic nitrogens is 6. The first-order valence-electron chi connectivity index (χ1n) is 5.49. The van der Waals surface area contributed by atoms with Gasteiger partial charge >= 0.3 is 5.97 Å². The number of nitrogens with zero attached hydrogens (tertiary/aromatic N) is 6.